The highest BCUT2D eigenvalue weighted by Gasteiger charge is 1.99. The van der Waals surface area contributed by atoms with E-state index < -0.39 is 0 Å². The molecule has 2 rings (SSSR count). The van der Waals surface area contributed by atoms with Gasteiger partial charge in [0.1, 0.15) is 6.54 Å². The summed E-state index contributed by atoms with van der Waals surface area (Å²) in [6, 6.07) is 5.86. The predicted molar refractivity (Wildman–Crippen MR) is 51.1 cm³/mol. The normalized spacial score (nSPS) is 9.64. The highest BCUT2D eigenvalue weighted by Crippen LogP contribution is 2.16. The van der Waals surface area contributed by atoms with Crippen LogP contribution in [-0.4, -0.2) is 14.8 Å². The SMILES string of the molecule is N#CCn1cc(-c2ccncc2)cn1. The third kappa shape index (κ3) is 1.62. The highest BCUT2D eigenvalue weighted by atomic mass is 15.3. The maximum Gasteiger partial charge on any atom is 0.128 e. The monoisotopic (exact) mass is 184 g/mol. The van der Waals surface area contributed by atoms with Crippen molar-refractivity contribution in [1.82, 2.24) is 14.8 Å². The number of nitriles is 1. The van der Waals surface area contributed by atoms with Gasteiger partial charge in [-0.3, -0.25) is 9.67 Å². The lowest BCUT2D eigenvalue weighted by molar-refractivity contribution is 0.710. The third-order valence-corrected chi connectivity index (χ3v) is 1.88. The molecule has 0 aliphatic heterocycles. The molecule has 0 spiro atoms. The minimum atomic E-state index is 0.283. The molecule has 0 aromatic carbocycles. The largest absolute Gasteiger partial charge is 0.265 e. The van der Waals surface area contributed by atoms with Crippen LogP contribution in [0.15, 0.2) is 36.9 Å². The van der Waals surface area contributed by atoms with E-state index in [4.69, 9.17) is 5.26 Å². The zero-order valence-electron chi connectivity index (χ0n) is 7.46. The molecule has 14 heavy (non-hydrogen) atoms. The Kier molecular flexibility index (Phi) is 2.24. The summed E-state index contributed by atoms with van der Waals surface area (Å²) in [6.45, 7) is 0.283. The van der Waals surface area contributed by atoms with Crippen LogP contribution in [0.25, 0.3) is 11.1 Å². The molecule has 2 aromatic heterocycles. The van der Waals surface area contributed by atoms with Crippen molar-refractivity contribution < 1.29 is 0 Å². The highest BCUT2D eigenvalue weighted by molar-refractivity contribution is 5.60. The van der Waals surface area contributed by atoms with E-state index in [0.717, 1.165) is 11.1 Å². The topological polar surface area (TPSA) is 54.5 Å². The van der Waals surface area contributed by atoms with E-state index in [-0.39, 0.29) is 6.54 Å². The van der Waals surface area contributed by atoms with E-state index in [1.807, 2.05) is 24.4 Å². The first-order chi connectivity index (χ1) is 6.90. The second-order valence-corrected chi connectivity index (χ2v) is 2.82. The molecule has 4 heteroatoms. The van der Waals surface area contributed by atoms with Crippen LogP contribution in [-0.2, 0) is 6.54 Å². The number of aromatic nitrogens is 3. The lowest BCUT2D eigenvalue weighted by Crippen LogP contribution is -1.93. The van der Waals surface area contributed by atoms with Gasteiger partial charge in [0.2, 0.25) is 0 Å². The molecule has 68 valence electrons. The predicted octanol–water partition coefficient (Wildman–Crippen LogP) is 1.47. The number of pyridine rings is 1. The fourth-order valence-electron chi connectivity index (χ4n) is 1.22. The van der Waals surface area contributed by atoms with Crippen molar-refractivity contribution in [3.63, 3.8) is 0 Å². The van der Waals surface area contributed by atoms with Crippen LogP contribution in [0, 0.1) is 11.3 Å². The van der Waals surface area contributed by atoms with E-state index in [1.165, 1.54) is 0 Å². The summed E-state index contributed by atoms with van der Waals surface area (Å²) in [4.78, 5) is 3.93. The summed E-state index contributed by atoms with van der Waals surface area (Å²) in [5.74, 6) is 0. The Morgan fingerprint density at radius 2 is 2.07 bits per heavy atom. The van der Waals surface area contributed by atoms with E-state index in [1.54, 1.807) is 23.3 Å². The van der Waals surface area contributed by atoms with Crippen LogP contribution < -0.4 is 0 Å². The van der Waals surface area contributed by atoms with Gasteiger partial charge in [-0.05, 0) is 17.7 Å². The minimum absolute atomic E-state index is 0.283. The minimum Gasteiger partial charge on any atom is -0.265 e. The van der Waals surface area contributed by atoms with Gasteiger partial charge in [-0.15, -0.1) is 0 Å². The Labute approximate surface area is 81.4 Å². The molecule has 0 atom stereocenters. The fraction of sp³-hybridized carbons (Fsp3) is 0.100. The van der Waals surface area contributed by atoms with Crippen LogP contribution in [0.5, 0.6) is 0 Å². The van der Waals surface area contributed by atoms with Gasteiger partial charge in [-0.2, -0.15) is 10.4 Å². The summed E-state index contributed by atoms with van der Waals surface area (Å²) in [5.41, 5.74) is 2.06. The average molecular weight is 184 g/mol. The third-order valence-electron chi connectivity index (χ3n) is 1.88. The van der Waals surface area contributed by atoms with E-state index in [2.05, 4.69) is 10.1 Å². The van der Waals surface area contributed by atoms with Gasteiger partial charge in [-0.1, -0.05) is 0 Å². The zero-order chi connectivity index (χ0) is 9.80. The molecule has 0 bridgehead atoms. The molecule has 0 aliphatic rings. The summed E-state index contributed by atoms with van der Waals surface area (Å²) in [5, 5.41) is 12.5. The molecule has 0 aliphatic carbocycles. The van der Waals surface area contributed by atoms with Crippen molar-refractivity contribution in [2.75, 3.05) is 0 Å². The van der Waals surface area contributed by atoms with Gasteiger partial charge in [0.15, 0.2) is 0 Å². The Morgan fingerprint density at radius 1 is 1.29 bits per heavy atom. The van der Waals surface area contributed by atoms with Crippen LogP contribution in [0.3, 0.4) is 0 Å². The molecule has 0 fully saturated rings. The van der Waals surface area contributed by atoms with Crippen molar-refractivity contribution in [2.45, 2.75) is 6.54 Å². The van der Waals surface area contributed by atoms with Gasteiger partial charge in [0.05, 0.1) is 12.3 Å². The fourth-order valence-corrected chi connectivity index (χ4v) is 1.22. The molecular formula is C10H8N4. The number of rotatable bonds is 2. The van der Waals surface area contributed by atoms with Gasteiger partial charge in [0, 0.05) is 24.2 Å². The van der Waals surface area contributed by atoms with E-state index in [9.17, 15) is 0 Å². The van der Waals surface area contributed by atoms with Crippen LogP contribution in [0.2, 0.25) is 0 Å². The molecule has 0 N–H and O–H groups in total. The van der Waals surface area contributed by atoms with Crippen molar-refractivity contribution in [2.24, 2.45) is 0 Å². The Bertz CT molecular complexity index is 452. The molecule has 0 saturated carbocycles. The Morgan fingerprint density at radius 3 is 2.79 bits per heavy atom. The second-order valence-electron chi connectivity index (χ2n) is 2.82. The molecule has 0 unspecified atom stereocenters. The summed E-state index contributed by atoms with van der Waals surface area (Å²) in [7, 11) is 0. The Balaban J connectivity index is 2.31. The van der Waals surface area contributed by atoms with Gasteiger partial charge in [-0.25, -0.2) is 0 Å². The lowest BCUT2D eigenvalue weighted by Gasteiger charge is -1.93. The van der Waals surface area contributed by atoms with Gasteiger partial charge < -0.3 is 0 Å². The van der Waals surface area contributed by atoms with Crippen molar-refractivity contribution in [3.05, 3.63) is 36.9 Å². The summed E-state index contributed by atoms with van der Waals surface area (Å²) >= 11 is 0. The van der Waals surface area contributed by atoms with Crippen LogP contribution >= 0.6 is 0 Å². The number of hydrogen-bond donors (Lipinski definition) is 0. The molecule has 0 saturated heterocycles. The lowest BCUT2D eigenvalue weighted by atomic mass is 10.1. The number of nitrogens with zero attached hydrogens (tertiary/aromatic N) is 4. The first-order valence-electron chi connectivity index (χ1n) is 4.20. The number of hydrogen-bond acceptors (Lipinski definition) is 3. The molecule has 4 nitrogen and oxygen atoms in total. The smallest absolute Gasteiger partial charge is 0.128 e. The summed E-state index contributed by atoms with van der Waals surface area (Å²) in [6.07, 6.45) is 7.05. The maximum absolute atomic E-state index is 8.48. The maximum atomic E-state index is 8.48. The standard InChI is InChI=1S/C10H8N4/c11-3-6-14-8-10(7-13-14)9-1-4-12-5-2-9/h1-2,4-5,7-8H,6H2. The Hall–Kier alpha value is -2.15. The van der Waals surface area contributed by atoms with Gasteiger partial charge in [0.25, 0.3) is 0 Å². The molecule has 2 heterocycles. The molecule has 0 amide bonds. The van der Waals surface area contributed by atoms with Crippen molar-refractivity contribution >= 4 is 0 Å². The van der Waals surface area contributed by atoms with E-state index in [0.29, 0.717) is 0 Å². The summed E-state index contributed by atoms with van der Waals surface area (Å²) < 4.78 is 1.61. The quantitative estimate of drug-likeness (QED) is 0.710. The average Bonchev–Trinajstić information content (AvgIpc) is 2.68. The first-order valence-corrected chi connectivity index (χ1v) is 4.20. The molecule has 0 radical (unpaired) electrons. The van der Waals surface area contributed by atoms with Crippen molar-refractivity contribution in [3.8, 4) is 17.2 Å². The zero-order valence-corrected chi connectivity index (χ0v) is 7.46. The first kappa shape index (κ1) is 8.45. The molecule has 2 aromatic rings. The van der Waals surface area contributed by atoms with E-state index >= 15 is 0 Å². The molecular weight excluding hydrogens is 176 g/mol. The van der Waals surface area contributed by atoms with Crippen LogP contribution in [0.1, 0.15) is 0 Å². The van der Waals surface area contributed by atoms with Crippen molar-refractivity contribution in [1.29, 1.82) is 5.26 Å². The van der Waals surface area contributed by atoms with Gasteiger partial charge >= 0.3 is 0 Å². The van der Waals surface area contributed by atoms with Crippen LogP contribution in [0.4, 0.5) is 0 Å². The second kappa shape index (κ2) is 3.71.